The van der Waals surface area contributed by atoms with Crippen molar-refractivity contribution in [1.82, 2.24) is 15.2 Å². The number of pyridine rings is 1. The average molecular weight is 268 g/mol. The molecule has 0 radical (unpaired) electrons. The summed E-state index contributed by atoms with van der Waals surface area (Å²) in [7, 11) is 0. The standard InChI is InChI=1S/C10H10BrN3O/c1-6-5-10(14-13-6)15-9-4-3-8(11)7(2)12-9/h3-5H,1-2H3,(H,13,14). The van der Waals surface area contributed by atoms with Crippen molar-refractivity contribution in [3.63, 3.8) is 0 Å². The van der Waals surface area contributed by atoms with Crippen molar-refractivity contribution >= 4 is 15.9 Å². The van der Waals surface area contributed by atoms with E-state index in [1.807, 2.05) is 26.0 Å². The van der Waals surface area contributed by atoms with Gasteiger partial charge in [-0.15, -0.1) is 5.10 Å². The molecule has 0 amide bonds. The molecule has 0 unspecified atom stereocenters. The lowest BCUT2D eigenvalue weighted by Crippen LogP contribution is -1.90. The summed E-state index contributed by atoms with van der Waals surface area (Å²) < 4.78 is 6.43. The first kappa shape index (κ1) is 10.2. The van der Waals surface area contributed by atoms with Crippen molar-refractivity contribution in [3.05, 3.63) is 34.1 Å². The highest BCUT2D eigenvalue weighted by molar-refractivity contribution is 9.10. The lowest BCUT2D eigenvalue weighted by molar-refractivity contribution is 0.442. The summed E-state index contributed by atoms with van der Waals surface area (Å²) in [6.45, 7) is 3.83. The molecule has 0 spiro atoms. The van der Waals surface area contributed by atoms with E-state index in [-0.39, 0.29) is 0 Å². The van der Waals surface area contributed by atoms with E-state index in [2.05, 4.69) is 31.1 Å². The van der Waals surface area contributed by atoms with E-state index in [0.717, 1.165) is 15.9 Å². The van der Waals surface area contributed by atoms with Gasteiger partial charge in [0, 0.05) is 22.3 Å². The molecule has 0 saturated heterocycles. The van der Waals surface area contributed by atoms with Crippen LogP contribution in [0.15, 0.2) is 22.7 Å². The number of nitrogens with zero attached hydrogens (tertiary/aromatic N) is 2. The Morgan fingerprint density at radius 1 is 1.27 bits per heavy atom. The van der Waals surface area contributed by atoms with Crippen molar-refractivity contribution in [2.45, 2.75) is 13.8 Å². The number of halogens is 1. The topological polar surface area (TPSA) is 50.8 Å². The molecule has 0 fully saturated rings. The molecule has 2 aromatic rings. The molecule has 5 heteroatoms. The number of H-pyrrole nitrogens is 1. The largest absolute Gasteiger partial charge is 0.419 e. The van der Waals surface area contributed by atoms with Crippen LogP contribution in [0.25, 0.3) is 0 Å². The highest BCUT2D eigenvalue weighted by Gasteiger charge is 2.03. The first-order valence-corrected chi connectivity index (χ1v) is 5.27. The smallest absolute Gasteiger partial charge is 0.240 e. The van der Waals surface area contributed by atoms with Crippen LogP contribution in [-0.4, -0.2) is 15.2 Å². The molecule has 0 bridgehead atoms. The van der Waals surface area contributed by atoms with Gasteiger partial charge in [-0.25, -0.2) is 4.98 Å². The van der Waals surface area contributed by atoms with E-state index in [1.54, 1.807) is 6.07 Å². The molecule has 2 heterocycles. The third-order valence-corrected chi connectivity index (χ3v) is 2.73. The summed E-state index contributed by atoms with van der Waals surface area (Å²) in [4.78, 5) is 4.25. The van der Waals surface area contributed by atoms with Gasteiger partial charge in [-0.1, -0.05) is 0 Å². The normalized spacial score (nSPS) is 10.3. The lowest BCUT2D eigenvalue weighted by atomic mass is 10.4. The van der Waals surface area contributed by atoms with E-state index in [4.69, 9.17) is 4.74 Å². The number of ether oxygens (including phenoxy) is 1. The van der Waals surface area contributed by atoms with Gasteiger partial charge in [0.2, 0.25) is 11.8 Å². The molecule has 2 aromatic heterocycles. The van der Waals surface area contributed by atoms with Crippen LogP contribution in [0.1, 0.15) is 11.4 Å². The van der Waals surface area contributed by atoms with Crippen LogP contribution in [0.3, 0.4) is 0 Å². The molecule has 0 aliphatic rings. The van der Waals surface area contributed by atoms with Crippen molar-refractivity contribution in [3.8, 4) is 11.8 Å². The molecule has 0 saturated carbocycles. The minimum Gasteiger partial charge on any atom is -0.419 e. The van der Waals surface area contributed by atoms with Gasteiger partial charge in [0.25, 0.3) is 0 Å². The summed E-state index contributed by atoms with van der Waals surface area (Å²) in [5, 5.41) is 6.77. The molecule has 0 aliphatic heterocycles. The Bertz CT molecular complexity index is 481. The van der Waals surface area contributed by atoms with E-state index in [9.17, 15) is 0 Å². The maximum absolute atomic E-state index is 5.46. The second-order valence-corrected chi connectivity index (χ2v) is 4.06. The highest BCUT2D eigenvalue weighted by atomic mass is 79.9. The molecule has 0 aromatic carbocycles. The van der Waals surface area contributed by atoms with Crippen molar-refractivity contribution in [2.75, 3.05) is 0 Å². The number of hydrogen-bond acceptors (Lipinski definition) is 3. The van der Waals surface area contributed by atoms with Gasteiger partial charge in [-0.2, -0.15) is 0 Å². The van der Waals surface area contributed by atoms with E-state index < -0.39 is 0 Å². The monoisotopic (exact) mass is 267 g/mol. The first-order valence-electron chi connectivity index (χ1n) is 4.48. The Morgan fingerprint density at radius 3 is 2.67 bits per heavy atom. The fourth-order valence-electron chi connectivity index (χ4n) is 1.13. The number of nitrogens with one attached hydrogen (secondary N) is 1. The van der Waals surface area contributed by atoms with Gasteiger partial charge in [0.05, 0.1) is 5.69 Å². The Hall–Kier alpha value is -1.36. The molecule has 0 aliphatic carbocycles. The number of aryl methyl sites for hydroxylation is 2. The second-order valence-electron chi connectivity index (χ2n) is 3.21. The zero-order valence-corrected chi connectivity index (χ0v) is 10.00. The van der Waals surface area contributed by atoms with Gasteiger partial charge < -0.3 is 4.74 Å². The summed E-state index contributed by atoms with van der Waals surface area (Å²) >= 11 is 3.38. The van der Waals surface area contributed by atoms with Crippen molar-refractivity contribution < 1.29 is 4.74 Å². The molecule has 15 heavy (non-hydrogen) atoms. The zero-order chi connectivity index (χ0) is 10.8. The van der Waals surface area contributed by atoms with Crippen LogP contribution >= 0.6 is 15.9 Å². The van der Waals surface area contributed by atoms with Gasteiger partial charge in [-0.3, -0.25) is 5.10 Å². The Kier molecular flexibility index (Phi) is 2.73. The molecule has 2 rings (SSSR count). The summed E-state index contributed by atoms with van der Waals surface area (Å²) in [6, 6.07) is 5.51. The maximum Gasteiger partial charge on any atom is 0.240 e. The Labute approximate surface area is 95.8 Å². The van der Waals surface area contributed by atoms with E-state index >= 15 is 0 Å². The SMILES string of the molecule is Cc1cc(Oc2ccc(Br)c(C)n2)n[nH]1. The van der Waals surface area contributed by atoms with Crippen LogP contribution < -0.4 is 4.74 Å². The van der Waals surface area contributed by atoms with E-state index in [0.29, 0.717) is 11.8 Å². The Morgan fingerprint density at radius 2 is 2.07 bits per heavy atom. The van der Waals surface area contributed by atoms with Gasteiger partial charge in [-0.05, 0) is 35.8 Å². The summed E-state index contributed by atoms with van der Waals surface area (Å²) in [5.74, 6) is 1.07. The molecule has 4 nitrogen and oxygen atoms in total. The van der Waals surface area contributed by atoms with Crippen molar-refractivity contribution in [2.24, 2.45) is 0 Å². The molecular formula is C10H10BrN3O. The maximum atomic E-state index is 5.46. The summed E-state index contributed by atoms with van der Waals surface area (Å²) in [5.41, 5.74) is 1.85. The fourth-order valence-corrected chi connectivity index (χ4v) is 1.35. The second kappa shape index (κ2) is 4.02. The van der Waals surface area contributed by atoms with Gasteiger partial charge >= 0.3 is 0 Å². The van der Waals surface area contributed by atoms with Crippen LogP contribution in [-0.2, 0) is 0 Å². The average Bonchev–Trinajstić information content (AvgIpc) is 2.58. The quantitative estimate of drug-likeness (QED) is 0.910. The molecule has 78 valence electrons. The molecule has 1 N–H and O–H groups in total. The van der Waals surface area contributed by atoms with E-state index in [1.165, 1.54) is 0 Å². The highest BCUT2D eigenvalue weighted by Crippen LogP contribution is 2.21. The first-order chi connectivity index (χ1) is 7.15. The zero-order valence-electron chi connectivity index (χ0n) is 8.41. The molecule has 0 atom stereocenters. The van der Waals surface area contributed by atoms with Crippen LogP contribution in [0, 0.1) is 13.8 Å². The number of aromatic amines is 1. The number of rotatable bonds is 2. The minimum atomic E-state index is 0.529. The molecular weight excluding hydrogens is 258 g/mol. The third kappa shape index (κ3) is 2.36. The Balaban J connectivity index is 2.21. The van der Waals surface area contributed by atoms with Gasteiger partial charge in [0.15, 0.2) is 0 Å². The van der Waals surface area contributed by atoms with Crippen LogP contribution in [0.4, 0.5) is 0 Å². The summed E-state index contributed by atoms with van der Waals surface area (Å²) in [6.07, 6.45) is 0. The fraction of sp³-hybridized carbons (Fsp3) is 0.200. The lowest BCUT2D eigenvalue weighted by Gasteiger charge is -2.02. The number of hydrogen-bond donors (Lipinski definition) is 1. The van der Waals surface area contributed by atoms with Gasteiger partial charge in [0.1, 0.15) is 0 Å². The van der Waals surface area contributed by atoms with Crippen molar-refractivity contribution in [1.29, 1.82) is 0 Å². The van der Waals surface area contributed by atoms with Crippen LogP contribution in [0.2, 0.25) is 0 Å². The number of aromatic nitrogens is 3. The minimum absolute atomic E-state index is 0.529. The predicted octanol–water partition coefficient (Wildman–Crippen LogP) is 2.98. The van der Waals surface area contributed by atoms with Crippen LogP contribution in [0.5, 0.6) is 11.8 Å². The predicted molar refractivity (Wildman–Crippen MR) is 60.1 cm³/mol. The third-order valence-electron chi connectivity index (χ3n) is 1.89.